The molecule has 6 heteroatoms. The summed E-state index contributed by atoms with van der Waals surface area (Å²) in [6, 6.07) is 7.03. The Kier molecular flexibility index (Phi) is 4.91. The number of carbonyl (C=O) groups is 1. The van der Waals surface area contributed by atoms with Crippen LogP contribution < -0.4 is 4.74 Å². The van der Waals surface area contributed by atoms with Crippen LogP contribution in [0.25, 0.3) is 0 Å². The average molecular weight is 331 g/mol. The molecule has 1 aromatic carbocycles. The maximum atomic E-state index is 11.4. The van der Waals surface area contributed by atoms with Crippen molar-refractivity contribution in [2.24, 2.45) is 0 Å². The maximum absolute atomic E-state index is 11.4. The summed E-state index contributed by atoms with van der Waals surface area (Å²) in [5, 5.41) is 12.0. The molecule has 0 aliphatic heterocycles. The molecular formula is C14H12Cl2O3S. The van der Waals surface area contributed by atoms with Gasteiger partial charge in [0, 0.05) is 4.88 Å². The third-order valence-electron chi connectivity index (χ3n) is 2.89. The Labute approximate surface area is 130 Å². The van der Waals surface area contributed by atoms with E-state index in [9.17, 15) is 9.90 Å². The largest absolute Gasteiger partial charge is 0.494 e. The first-order valence-corrected chi connectivity index (χ1v) is 7.44. The van der Waals surface area contributed by atoms with Crippen LogP contribution >= 0.6 is 34.5 Å². The molecule has 1 heterocycles. The fourth-order valence-corrected chi connectivity index (χ4v) is 3.47. The zero-order valence-corrected chi connectivity index (χ0v) is 12.9. The summed E-state index contributed by atoms with van der Waals surface area (Å²) in [5.74, 6) is -1.06. The molecule has 106 valence electrons. The predicted molar refractivity (Wildman–Crippen MR) is 81.4 cm³/mol. The molecule has 0 amide bonds. The fraction of sp³-hybridized carbons (Fsp3) is 0.214. The van der Waals surface area contributed by atoms with E-state index in [0.29, 0.717) is 22.2 Å². The van der Waals surface area contributed by atoms with Gasteiger partial charge in [-0.3, -0.25) is 4.79 Å². The Balaban J connectivity index is 2.30. The van der Waals surface area contributed by atoms with Crippen molar-refractivity contribution in [2.75, 3.05) is 7.11 Å². The van der Waals surface area contributed by atoms with Crippen LogP contribution in [0, 0.1) is 0 Å². The number of rotatable bonds is 5. The summed E-state index contributed by atoms with van der Waals surface area (Å²) in [6.45, 7) is 0. The van der Waals surface area contributed by atoms with Crippen molar-refractivity contribution in [3.05, 3.63) is 50.1 Å². The quantitative estimate of drug-likeness (QED) is 0.879. The Bertz CT molecular complexity index is 588. The molecule has 1 N–H and O–H groups in total. The van der Waals surface area contributed by atoms with E-state index in [4.69, 9.17) is 27.9 Å². The monoisotopic (exact) mass is 330 g/mol. The molecule has 1 aromatic heterocycles. The average Bonchev–Trinajstić information content (AvgIpc) is 2.88. The van der Waals surface area contributed by atoms with Gasteiger partial charge < -0.3 is 9.84 Å². The molecule has 0 fully saturated rings. The number of methoxy groups -OCH3 is 1. The minimum absolute atomic E-state index is 0.333. The van der Waals surface area contributed by atoms with Gasteiger partial charge in [0.15, 0.2) is 5.75 Å². The predicted octanol–water partition coefficient (Wildman–Crippen LogP) is 4.47. The Hall–Kier alpha value is -1.23. The van der Waals surface area contributed by atoms with E-state index < -0.39 is 11.9 Å². The molecule has 3 nitrogen and oxygen atoms in total. The highest BCUT2D eigenvalue weighted by molar-refractivity contribution is 7.10. The van der Waals surface area contributed by atoms with Gasteiger partial charge in [0.2, 0.25) is 0 Å². The minimum Gasteiger partial charge on any atom is -0.494 e. The van der Waals surface area contributed by atoms with Crippen LogP contribution in [0.2, 0.25) is 10.0 Å². The van der Waals surface area contributed by atoms with Crippen LogP contribution in [0.3, 0.4) is 0 Å². The van der Waals surface area contributed by atoms with Crippen molar-refractivity contribution in [1.29, 1.82) is 0 Å². The normalized spacial score (nSPS) is 12.2. The number of carboxylic acids is 1. The molecule has 0 spiro atoms. The first kappa shape index (κ1) is 15.2. The number of hydrogen-bond donors (Lipinski definition) is 1. The van der Waals surface area contributed by atoms with Crippen molar-refractivity contribution in [3.8, 4) is 5.75 Å². The third-order valence-corrected chi connectivity index (χ3v) is 4.43. The second-order valence-electron chi connectivity index (χ2n) is 4.20. The summed E-state index contributed by atoms with van der Waals surface area (Å²) >= 11 is 13.6. The number of carboxylic acid groups (broad SMARTS) is 1. The molecule has 1 atom stereocenters. The zero-order valence-electron chi connectivity index (χ0n) is 10.6. The van der Waals surface area contributed by atoms with E-state index in [1.807, 2.05) is 17.5 Å². The van der Waals surface area contributed by atoms with Gasteiger partial charge in [-0.15, -0.1) is 11.3 Å². The number of thiophene rings is 1. The number of halogens is 2. The van der Waals surface area contributed by atoms with E-state index in [0.717, 1.165) is 10.4 Å². The van der Waals surface area contributed by atoms with Crippen LogP contribution in [-0.4, -0.2) is 18.2 Å². The van der Waals surface area contributed by atoms with Crippen molar-refractivity contribution in [1.82, 2.24) is 0 Å². The van der Waals surface area contributed by atoms with E-state index in [2.05, 4.69) is 0 Å². The Morgan fingerprint density at radius 3 is 2.50 bits per heavy atom. The topological polar surface area (TPSA) is 46.5 Å². The molecule has 2 rings (SSSR count). The lowest BCUT2D eigenvalue weighted by molar-refractivity contribution is -0.138. The first-order chi connectivity index (χ1) is 9.52. The SMILES string of the molecule is COc1c(Cl)cc(CC(C(=O)O)c2cccs2)cc1Cl. The van der Waals surface area contributed by atoms with Gasteiger partial charge in [-0.05, 0) is 35.6 Å². The lowest BCUT2D eigenvalue weighted by atomic mass is 9.98. The van der Waals surface area contributed by atoms with Gasteiger partial charge in [-0.2, -0.15) is 0 Å². The van der Waals surface area contributed by atoms with Crippen LogP contribution in [0.5, 0.6) is 5.75 Å². The van der Waals surface area contributed by atoms with E-state index in [1.165, 1.54) is 18.4 Å². The van der Waals surface area contributed by atoms with E-state index in [-0.39, 0.29) is 0 Å². The lowest BCUT2D eigenvalue weighted by Crippen LogP contribution is -2.13. The van der Waals surface area contributed by atoms with Crippen LogP contribution in [-0.2, 0) is 11.2 Å². The molecule has 0 aliphatic rings. The second kappa shape index (κ2) is 6.48. The molecule has 2 aromatic rings. The van der Waals surface area contributed by atoms with E-state index in [1.54, 1.807) is 12.1 Å². The summed E-state index contributed by atoms with van der Waals surface area (Å²) < 4.78 is 5.08. The fourth-order valence-electron chi connectivity index (χ4n) is 1.96. The third kappa shape index (κ3) is 3.26. The number of ether oxygens (including phenoxy) is 1. The van der Waals surface area contributed by atoms with Gasteiger partial charge in [-0.25, -0.2) is 0 Å². The first-order valence-electron chi connectivity index (χ1n) is 5.81. The van der Waals surface area contributed by atoms with Crippen molar-refractivity contribution in [2.45, 2.75) is 12.3 Å². The van der Waals surface area contributed by atoms with Crippen LogP contribution in [0.15, 0.2) is 29.6 Å². The standard InChI is InChI=1S/C14H12Cl2O3S/c1-19-13-10(15)6-8(7-11(13)16)5-9(14(17)18)12-3-2-4-20-12/h2-4,6-7,9H,5H2,1H3,(H,17,18). The van der Waals surface area contributed by atoms with Gasteiger partial charge >= 0.3 is 5.97 Å². The molecule has 1 unspecified atom stereocenters. The molecule has 0 bridgehead atoms. The Morgan fingerprint density at radius 1 is 1.40 bits per heavy atom. The van der Waals surface area contributed by atoms with E-state index >= 15 is 0 Å². The Morgan fingerprint density at radius 2 is 2.05 bits per heavy atom. The minimum atomic E-state index is -0.865. The van der Waals surface area contributed by atoms with Crippen molar-refractivity contribution < 1.29 is 14.6 Å². The van der Waals surface area contributed by atoms with Crippen LogP contribution in [0.1, 0.15) is 16.4 Å². The second-order valence-corrected chi connectivity index (χ2v) is 6.00. The van der Waals surface area contributed by atoms with Gasteiger partial charge in [0.25, 0.3) is 0 Å². The summed E-state index contributed by atoms with van der Waals surface area (Å²) in [4.78, 5) is 12.2. The van der Waals surface area contributed by atoms with Gasteiger partial charge in [0.1, 0.15) is 0 Å². The number of aliphatic carboxylic acids is 1. The van der Waals surface area contributed by atoms with Crippen LogP contribution in [0.4, 0.5) is 0 Å². The highest BCUT2D eigenvalue weighted by Gasteiger charge is 2.22. The highest BCUT2D eigenvalue weighted by Crippen LogP contribution is 2.35. The highest BCUT2D eigenvalue weighted by atomic mass is 35.5. The zero-order chi connectivity index (χ0) is 14.7. The van der Waals surface area contributed by atoms with Gasteiger partial charge in [-0.1, -0.05) is 29.3 Å². The molecule has 0 saturated heterocycles. The molecular weight excluding hydrogens is 319 g/mol. The van der Waals surface area contributed by atoms with Gasteiger partial charge in [0.05, 0.1) is 23.1 Å². The molecule has 20 heavy (non-hydrogen) atoms. The smallest absolute Gasteiger partial charge is 0.312 e. The number of hydrogen-bond acceptors (Lipinski definition) is 3. The van der Waals surface area contributed by atoms with Crippen molar-refractivity contribution in [3.63, 3.8) is 0 Å². The summed E-state index contributed by atoms with van der Waals surface area (Å²) in [6.07, 6.45) is 0.333. The molecule has 0 aliphatic carbocycles. The molecule has 0 saturated carbocycles. The maximum Gasteiger partial charge on any atom is 0.312 e. The number of benzene rings is 1. The van der Waals surface area contributed by atoms with Crippen molar-refractivity contribution >= 4 is 40.5 Å². The summed E-state index contributed by atoms with van der Waals surface area (Å²) in [7, 11) is 1.48. The molecule has 0 radical (unpaired) electrons. The summed E-state index contributed by atoms with van der Waals surface area (Å²) in [5.41, 5.74) is 0.765. The lowest BCUT2D eigenvalue weighted by Gasteiger charge is -2.13.